The van der Waals surface area contributed by atoms with Crippen molar-refractivity contribution >= 4 is 22.6 Å². The van der Waals surface area contributed by atoms with Crippen LogP contribution in [-0.4, -0.2) is 60.2 Å². The van der Waals surface area contributed by atoms with E-state index >= 15 is 0 Å². The number of hydrogen-bond donors (Lipinski definition) is 1. The fraction of sp³-hybridized carbons (Fsp3) is 0.375. The van der Waals surface area contributed by atoms with Gasteiger partial charge >= 0.3 is 0 Å². The number of likely N-dealkylation sites (tertiary alicyclic amines) is 1. The number of carbonyl (C=O) groups excluding carboxylic acids is 2. The smallest absolute Gasteiger partial charge is 0.244 e. The molecule has 1 fully saturated rings. The Balaban J connectivity index is 1.42. The van der Waals surface area contributed by atoms with Crippen LogP contribution in [0.25, 0.3) is 11.5 Å². The molecular formula is C24H29N5O3S. The number of carbonyl (C=O) groups is 2. The Hall–Kier alpha value is -3.20. The second kappa shape index (κ2) is 10.6. The quantitative estimate of drug-likeness (QED) is 0.551. The number of piperidine rings is 1. The molecule has 2 aromatic heterocycles. The summed E-state index contributed by atoms with van der Waals surface area (Å²) in [6.45, 7) is 3.16. The van der Waals surface area contributed by atoms with Crippen molar-refractivity contribution in [2.45, 2.75) is 38.0 Å². The lowest BCUT2D eigenvalue weighted by molar-refractivity contribution is -0.136. The minimum Gasteiger partial charge on any atom is -0.344 e. The van der Waals surface area contributed by atoms with Gasteiger partial charge in [0.2, 0.25) is 11.8 Å². The van der Waals surface area contributed by atoms with Crippen molar-refractivity contribution < 1.29 is 13.8 Å². The van der Waals surface area contributed by atoms with E-state index in [1.54, 1.807) is 22.7 Å². The number of rotatable bonds is 8. The first kappa shape index (κ1) is 23.0. The van der Waals surface area contributed by atoms with Gasteiger partial charge in [0.15, 0.2) is 0 Å². The number of amides is 2. The van der Waals surface area contributed by atoms with Gasteiger partial charge in [-0.25, -0.2) is 4.68 Å². The lowest BCUT2D eigenvalue weighted by Crippen LogP contribution is -2.49. The molecule has 1 saturated heterocycles. The van der Waals surface area contributed by atoms with Crippen LogP contribution in [0.1, 0.15) is 31.7 Å². The number of aromatic nitrogens is 3. The van der Waals surface area contributed by atoms with Crippen LogP contribution in [0.15, 0.2) is 61.1 Å². The van der Waals surface area contributed by atoms with E-state index in [1.807, 2.05) is 59.4 Å². The van der Waals surface area contributed by atoms with E-state index in [0.717, 1.165) is 49.4 Å². The molecule has 0 radical (unpaired) electrons. The Morgan fingerprint density at radius 2 is 1.76 bits per heavy atom. The summed E-state index contributed by atoms with van der Waals surface area (Å²) in [5.41, 5.74) is 1.67. The summed E-state index contributed by atoms with van der Waals surface area (Å²) in [7, 11) is -1.45. The van der Waals surface area contributed by atoms with E-state index < -0.39 is 16.8 Å². The Labute approximate surface area is 196 Å². The van der Waals surface area contributed by atoms with Gasteiger partial charge in [0.25, 0.3) is 0 Å². The second-order valence-electron chi connectivity index (χ2n) is 8.23. The number of para-hydroxylation sites is 1. The summed E-state index contributed by atoms with van der Waals surface area (Å²) in [5.74, 6) is 0.340. The summed E-state index contributed by atoms with van der Waals surface area (Å²) in [4.78, 5) is 26.8. The van der Waals surface area contributed by atoms with Crippen LogP contribution in [-0.2, 0) is 26.1 Å². The summed E-state index contributed by atoms with van der Waals surface area (Å²) in [5, 5.41) is 7.23. The van der Waals surface area contributed by atoms with Gasteiger partial charge in [-0.3, -0.25) is 13.8 Å². The van der Waals surface area contributed by atoms with E-state index in [1.165, 1.54) is 0 Å². The Bertz CT molecular complexity index is 1100. The monoisotopic (exact) mass is 467 g/mol. The minimum absolute atomic E-state index is 0.0761. The fourth-order valence-corrected chi connectivity index (χ4v) is 5.12. The molecule has 174 valence electrons. The molecule has 0 saturated carbocycles. The van der Waals surface area contributed by atoms with Gasteiger partial charge in [0.1, 0.15) is 17.6 Å². The molecule has 8 nitrogen and oxygen atoms in total. The molecule has 1 aliphatic rings. The maximum absolute atomic E-state index is 12.9. The van der Waals surface area contributed by atoms with E-state index in [2.05, 4.69) is 10.4 Å². The Morgan fingerprint density at radius 3 is 2.45 bits per heavy atom. The van der Waals surface area contributed by atoms with Crippen molar-refractivity contribution in [3.05, 3.63) is 66.6 Å². The molecule has 2 atom stereocenters. The average Bonchev–Trinajstić information content (AvgIpc) is 3.49. The third-order valence-electron chi connectivity index (χ3n) is 5.69. The molecule has 2 amide bonds. The topological polar surface area (TPSA) is 89.2 Å². The van der Waals surface area contributed by atoms with Crippen LogP contribution in [0.3, 0.4) is 0 Å². The summed E-state index contributed by atoms with van der Waals surface area (Å²) in [6, 6.07) is 12.9. The third kappa shape index (κ3) is 5.60. The lowest BCUT2D eigenvalue weighted by Gasteiger charge is -2.29. The second-order valence-corrected chi connectivity index (χ2v) is 9.69. The first-order valence-electron chi connectivity index (χ1n) is 11.2. The van der Waals surface area contributed by atoms with Crippen molar-refractivity contribution in [1.82, 2.24) is 24.6 Å². The standard InChI is InChI=1S/C24H29N5O3S/c1-19(24(31)28-14-6-3-7-15-28)26-22(30)18-33(32)17-20-16-25-29(21-10-4-2-5-11-21)23(20)27-12-8-9-13-27/h2,4-5,8-13,16,19H,3,6-7,14-15,17-18H2,1H3,(H,26,30)/t19-,33+/m0/s1. The molecule has 0 unspecified atom stereocenters. The van der Waals surface area contributed by atoms with E-state index in [4.69, 9.17) is 0 Å². The zero-order valence-corrected chi connectivity index (χ0v) is 19.5. The molecular weight excluding hydrogens is 438 g/mol. The summed E-state index contributed by atoms with van der Waals surface area (Å²) >= 11 is 0. The number of nitrogens with one attached hydrogen (secondary N) is 1. The van der Waals surface area contributed by atoms with Gasteiger partial charge < -0.3 is 14.8 Å². The van der Waals surface area contributed by atoms with Crippen LogP contribution in [0.4, 0.5) is 0 Å². The average molecular weight is 468 g/mol. The van der Waals surface area contributed by atoms with Crippen LogP contribution in [0, 0.1) is 0 Å². The van der Waals surface area contributed by atoms with Crippen LogP contribution < -0.4 is 5.32 Å². The predicted octanol–water partition coefficient (Wildman–Crippen LogP) is 2.43. The summed E-state index contributed by atoms with van der Waals surface area (Å²) < 4.78 is 16.6. The first-order chi connectivity index (χ1) is 16.0. The van der Waals surface area contributed by atoms with Crippen molar-refractivity contribution in [2.75, 3.05) is 18.8 Å². The van der Waals surface area contributed by atoms with Gasteiger partial charge in [-0.15, -0.1) is 0 Å². The fourth-order valence-electron chi connectivity index (χ4n) is 4.09. The molecule has 0 bridgehead atoms. The highest BCUT2D eigenvalue weighted by molar-refractivity contribution is 7.84. The lowest BCUT2D eigenvalue weighted by atomic mass is 10.1. The zero-order valence-electron chi connectivity index (χ0n) is 18.7. The van der Waals surface area contributed by atoms with E-state index in [0.29, 0.717) is 0 Å². The highest BCUT2D eigenvalue weighted by Crippen LogP contribution is 2.21. The molecule has 9 heteroatoms. The van der Waals surface area contributed by atoms with Crippen molar-refractivity contribution in [3.63, 3.8) is 0 Å². The maximum atomic E-state index is 12.9. The van der Waals surface area contributed by atoms with Gasteiger partial charge in [-0.05, 0) is 50.5 Å². The number of nitrogens with zero attached hydrogens (tertiary/aromatic N) is 4. The molecule has 1 aliphatic heterocycles. The number of hydrogen-bond acceptors (Lipinski definition) is 4. The molecule has 33 heavy (non-hydrogen) atoms. The molecule has 0 spiro atoms. The SMILES string of the molecule is C[C@H](NC(=O)C[S@](=O)Cc1cnn(-c2ccccc2)c1-n1cccc1)C(=O)N1CCCCC1. The summed E-state index contributed by atoms with van der Waals surface area (Å²) in [6.07, 6.45) is 8.64. The van der Waals surface area contributed by atoms with Gasteiger partial charge in [0.05, 0.1) is 17.6 Å². The maximum Gasteiger partial charge on any atom is 0.244 e. The largest absolute Gasteiger partial charge is 0.344 e. The van der Waals surface area contributed by atoms with E-state index in [-0.39, 0.29) is 23.3 Å². The van der Waals surface area contributed by atoms with Crippen molar-refractivity contribution in [1.29, 1.82) is 0 Å². The molecule has 3 aromatic rings. The molecule has 1 aromatic carbocycles. The predicted molar refractivity (Wildman–Crippen MR) is 128 cm³/mol. The van der Waals surface area contributed by atoms with Crippen LogP contribution >= 0.6 is 0 Å². The molecule has 3 heterocycles. The third-order valence-corrected chi connectivity index (χ3v) is 6.91. The highest BCUT2D eigenvalue weighted by atomic mass is 32.2. The molecule has 0 aliphatic carbocycles. The van der Waals surface area contributed by atoms with Gasteiger partial charge in [0, 0.05) is 41.8 Å². The van der Waals surface area contributed by atoms with Crippen molar-refractivity contribution in [3.8, 4) is 11.5 Å². The Kier molecular flexibility index (Phi) is 7.39. The van der Waals surface area contributed by atoms with Crippen LogP contribution in [0.2, 0.25) is 0 Å². The first-order valence-corrected chi connectivity index (χ1v) is 12.7. The van der Waals surface area contributed by atoms with E-state index in [9.17, 15) is 13.8 Å². The van der Waals surface area contributed by atoms with Gasteiger partial charge in [-0.1, -0.05) is 18.2 Å². The highest BCUT2D eigenvalue weighted by Gasteiger charge is 2.24. The molecule has 4 rings (SSSR count). The number of benzene rings is 1. The molecule has 1 N–H and O–H groups in total. The van der Waals surface area contributed by atoms with Gasteiger partial charge in [-0.2, -0.15) is 5.10 Å². The Morgan fingerprint density at radius 1 is 1.06 bits per heavy atom. The minimum atomic E-state index is -1.45. The normalized spacial score (nSPS) is 15.7. The van der Waals surface area contributed by atoms with Crippen molar-refractivity contribution in [2.24, 2.45) is 0 Å². The zero-order chi connectivity index (χ0) is 23.2. The van der Waals surface area contributed by atoms with Crippen LogP contribution in [0.5, 0.6) is 0 Å².